The van der Waals surface area contributed by atoms with E-state index in [1.54, 1.807) is 0 Å². The molecular weight excluding hydrogens is 260 g/mol. The van der Waals surface area contributed by atoms with Crippen LogP contribution < -0.4 is 5.32 Å². The SMILES string of the molecule is CCC1CNC2(CCCCC2)CN1CC1(CCOC)CC1. The predicted molar refractivity (Wildman–Crippen MR) is 87.6 cm³/mol. The second kappa shape index (κ2) is 6.55. The van der Waals surface area contributed by atoms with Gasteiger partial charge in [0, 0.05) is 44.9 Å². The minimum Gasteiger partial charge on any atom is -0.385 e. The lowest BCUT2D eigenvalue weighted by molar-refractivity contribution is 0.0339. The molecule has 1 atom stereocenters. The van der Waals surface area contributed by atoms with Gasteiger partial charge in [-0.05, 0) is 43.9 Å². The molecule has 0 amide bonds. The maximum Gasteiger partial charge on any atom is 0.0468 e. The van der Waals surface area contributed by atoms with Crippen LogP contribution in [0.3, 0.4) is 0 Å². The quantitative estimate of drug-likeness (QED) is 0.814. The van der Waals surface area contributed by atoms with Crippen molar-refractivity contribution in [2.75, 3.05) is 33.4 Å². The maximum absolute atomic E-state index is 5.34. The van der Waals surface area contributed by atoms with Gasteiger partial charge in [0.25, 0.3) is 0 Å². The Kier molecular flexibility index (Phi) is 4.92. The van der Waals surface area contributed by atoms with Gasteiger partial charge in [0.05, 0.1) is 0 Å². The number of methoxy groups -OCH3 is 1. The Morgan fingerprint density at radius 1 is 1.14 bits per heavy atom. The van der Waals surface area contributed by atoms with Crippen molar-refractivity contribution < 1.29 is 4.74 Å². The lowest BCUT2D eigenvalue weighted by Crippen LogP contribution is -2.65. The summed E-state index contributed by atoms with van der Waals surface area (Å²) in [4.78, 5) is 2.85. The minimum atomic E-state index is 0.446. The fourth-order valence-corrected chi connectivity index (χ4v) is 4.60. The van der Waals surface area contributed by atoms with Gasteiger partial charge < -0.3 is 10.1 Å². The summed E-state index contributed by atoms with van der Waals surface area (Å²) in [5.74, 6) is 0. The average molecular weight is 294 g/mol. The Balaban J connectivity index is 1.62. The molecule has 0 bridgehead atoms. The van der Waals surface area contributed by atoms with Gasteiger partial charge in [-0.2, -0.15) is 0 Å². The molecule has 0 radical (unpaired) electrons. The third kappa shape index (κ3) is 3.62. The van der Waals surface area contributed by atoms with Crippen molar-refractivity contribution in [3.63, 3.8) is 0 Å². The van der Waals surface area contributed by atoms with E-state index in [0.29, 0.717) is 11.0 Å². The van der Waals surface area contributed by atoms with Gasteiger partial charge in [0.15, 0.2) is 0 Å². The molecule has 3 fully saturated rings. The number of hydrogen-bond acceptors (Lipinski definition) is 3. The summed E-state index contributed by atoms with van der Waals surface area (Å²) in [7, 11) is 1.84. The van der Waals surface area contributed by atoms with Crippen LogP contribution in [0.15, 0.2) is 0 Å². The van der Waals surface area contributed by atoms with Crippen LogP contribution in [0, 0.1) is 5.41 Å². The summed E-state index contributed by atoms with van der Waals surface area (Å²) in [6.45, 7) is 7.11. The first-order chi connectivity index (χ1) is 10.2. The van der Waals surface area contributed by atoms with E-state index in [2.05, 4.69) is 17.1 Å². The highest BCUT2D eigenvalue weighted by Crippen LogP contribution is 2.50. The van der Waals surface area contributed by atoms with Gasteiger partial charge in [-0.25, -0.2) is 0 Å². The van der Waals surface area contributed by atoms with Crippen LogP contribution in [-0.2, 0) is 4.74 Å². The van der Waals surface area contributed by atoms with Crippen LogP contribution in [0.25, 0.3) is 0 Å². The lowest BCUT2D eigenvalue weighted by atomic mass is 9.79. The Morgan fingerprint density at radius 2 is 1.90 bits per heavy atom. The monoisotopic (exact) mass is 294 g/mol. The fraction of sp³-hybridized carbons (Fsp3) is 1.00. The molecule has 21 heavy (non-hydrogen) atoms. The Morgan fingerprint density at radius 3 is 2.52 bits per heavy atom. The summed E-state index contributed by atoms with van der Waals surface area (Å²) >= 11 is 0. The van der Waals surface area contributed by atoms with Crippen molar-refractivity contribution in [1.29, 1.82) is 0 Å². The molecule has 1 saturated heterocycles. The largest absolute Gasteiger partial charge is 0.385 e. The molecule has 1 N–H and O–H groups in total. The summed E-state index contributed by atoms with van der Waals surface area (Å²) in [6.07, 6.45) is 12.5. The first-order valence-corrected chi connectivity index (χ1v) is 9.19. The van der Waals surface area contributed by atoms with E-state index in [9.17, 15) is 0 Å². The van der Waals surface area contributed by atoms with Crippen molar-refractivity contribution in [2.45, 2.75) is 76.3 Å². The van der Waals surface area contributed by atoms with E-state index in [1.807, 2.05) is 7.11 Å². The van der Waals surface area contributed by atoms with Crippen molar-refractivity contribution in [1.82, 2.24) is 10.2 Å². The van der Waals surface area contributed by atoms with Gasteiger partial charge in [0.1, 0.15) is 0 Å². The number of nitrogens with zero attached hydrogens (tertiary/aromatic N) is 1. The Bertz CT molecular complexity index is 334. The van der Waals surface area contributed by atoms with E-state index in [0.717, 1.165) is 12.6 Å². The van der Waals surface area contributed by atoms with E-state index < -0.39 is 0 Å². The van der Waals surface area contributed by atoms with Crippen molar-refractivity contribution in [3.05, 3.63) is 0 Å². The van der Waals surface area contributed by atoms with Crippen molar-refractivity contribution in [3.8, 4) is 0 Å². The molecule has 3 nitrogen and oxygen atoms in total. The first-order valence-electron chi connectivity index (χ1n) is 9.19. The molecule has 3 aliphatic rings. The van der Waals surface area contributed by atoms with Crippen LogP contribution >= 0.6 is 0 Å². The highest BCUT2D eigenvalue weighted by Gasteiger charge is 2.47. The molecular formula is C18H34N2O. The first kappa shape index (κ1) is 15.8. The summed E-state index contributed by atoms with van der Waals surface area (Å²) < 4.78 is 5.34. The molecule has 0 aromatic carbocycles. The summed E-state index contributed by atoms with van der Waals surface area (Å²) in [5, 5.41) is 3.95. The van der Waals surface area contributed by atoms with Crippen LogP contribution in [0.4, 0.5) is 0 Å². The Hall–Kier alpha value is -0.120. The number of ether oxygens (including phenoxy) is 1. The van der Waals surface area contributed by atoms with Gasteiger partial charge in [-0.3, -0.25) is 4.90 Å². The number of piperazine rings is 1. The van der Waals surface area contributed by atoms with Crippen LogP contribution in [0.1, 0.15) is 64.7 Å². The second-order valence-corrected chi connectivity index (χ2v) is 7.93. The normalized spacial score (nSPS) is 31.4. The van der Waals surface area contributed by atoms with Gasteiger partial charge in [-0.1, -0.05) is 26.2 Å². The molecule has 1 aliphatic heterocycles. The van der Waals surface area contributed by atoms with Crippen LogP contribution in [0.2, 0.25) is 0 Å². The molecule has 0 aromatic rings. The zero-order valence-corrected chi connectivity index (χ0v) is 14.1. The zero-order valence-electron chi connectivity index (χ0n) is 14.1. The molecule has 2 saturated carbocycles. The summed E-state index contributed by atoms with van der Waals surface area (Å²) in [5.41, 5.74) is 1.04. The Labute approximate surface area is 130 Å². The van der Waals surface area contributed by atoms with E-state index in [1.165, 1.54) is 77.4 Å². The molecule has 1 spiro atoms. The second-order valence-electron chi connectivity index (χ2n) is 7.93. The van der Waals surface area contributed by atoms with Crippen molar-refractivity contribution in [2.24, 2.45) is 5.41 Å². The van der Waals surface area contributed by atoms with Crippen LogP contribution in [0.5, 0.6) is 0 Å². The zero-order chi connectivity index (χ0) is 14.8. The lowest BCUT2D eigenvalue weighted by Gasteiger charge is -2.50. The van der Waals surface area contributed by atoms with Crippen molar-refractivity contribution >= 4 is 0 Å². The minimum absolute atomic E-state index is 0.446. The average Bonchev–Trinajstić information content (AvgIpc) is 3.26. The highest BCUT2D eigenvalue weighted by atomic mass is 16.5. The molecule has 3 rings (SSSR count). The topological polar surface area (TPSA) is 24.5 Å². The number of nitrogens with one attached hydrogen (secondary N) is 1. The van der Waals surface area contributed by atoms with E-state index >= 15 is 0 Å². The molecule has 2 aliphatic carbocycles. The maximum atomic E-state index is 5.34. The highest BCUT2D eigenvalue weighted by molar-refractivity contribution is 5.03. The molecule has 1 unspecified atom stereocenters. The number of rotatable bonds is 6. The molecule has 122 valence electrons. The molecule has 0 aromatic heterocycles. The number of hydrogen-bond donors (Lipinski definition) is 1. The van der Waals surface area contributed by atoms with Crippen LogP contribution in [-0.4, -0.2) is 49.8 Å². The van der Waals surface area contributed by atoms with E-state index in [-0.39, 0.29) is 0 Å². The van der Waals surface area contributed by atoms with Gasteiger partial charge >= 0.3 is 0 Å². The third-order valence-corrected chi connectivity index (χ3v) is 6.35. The smallest absolute Gasteiger partial charge is 0.0468 e. The third-order valence-electron chi connectivity index (χ3n) is 6.35. The summed E-state index contributed by atoms with van der Waals surface area (Å²) in [6, 6.07) is 0.748. The molecule has 3 heteroatoms. The van der Waals surface area contributed by atoms with Gasteiger partial charge in [-0.15, -0.1) is 0 Å². The predicted octanol–water partition coefficient (Wildman–Crippen LogP) is 3.19. The van der Waals surface area contributed by atoms with Gasteiger partial charge in [0.2, 0.25) is 0 Å². The fourth-order valence-electron chi connectivity index (χ4n) is 4.60. The molecule has 1 heterocycles. The standard InChI is InChI=1S/C18H34N2O/c1-3-16-13-19-18(7-5-4-6-8-18)15-20(16)14-17(9-10-17)11-12-21-2/h16,19H,3-15H2,1-2H3. The van der Waals surface area contributed by atoms with E-state index in [4.69, 9.17) is 4.74 Å².